The third kappa shape index (κ3) is 6.06. The van der Waals surface area contributed by atoms with Crippen molar-refractivity contribution in [3.05, 3.63) is 69.9 Å². The second-order valence-electron chi connectivity index (χ2n) is 5.85. The summed E-state index contributed by atoms with van der Waals surface area (Å²) < 4.78 is 14.9. The van der Waals surface area contributed by atoms with Crippen LogP contribution >= 0.6 is 0 Å². The number of aliphatic imine (C=N–C) groups is 1. The van der Waals surface area contributed by atoms with E-state index in [0.29, 0.717) is 19.0 Å². The van der Waals surface area contributed by atoms with E-state index in [1.54, 1.807) is 29.8 Å². The summed E-state index contributed by atoms with van der Waals surface area (Å²) in [7, 11) is 1.70. The van der Waals surface area contributed by atoms with Gasteiger partial charge >= 0.3 is 0 Å². The number of aryl methyl sites for hydroxylation is 1. The average molecular weight is 344 g/mol. The zero-order valence-corrected chi connectivity index (χ0v) is 14.8. The number of aromatic nitrogens is 1. The molecule has 1 heterocycles. The van der Waals surface area contributed by atoms with Gasteiger partial charge in [0.25, 0.3) is 5.56 Å². The number of pyridine rings is 1. The number of unbranched alkanes of at least 4 members (excludes halogenated alkanes) is 1. The summed E-state index contributed by atoms with van der Waals surface area (Å²) in [6.45, 7) is 3.92. The molecule has 0 aliphatic heterocycles. The third-order valence-corrected chi connectivity index (χ3v) is 3.94. The Kier molecular flexibility index (Phi) is 7.19. The quantitative estimate of drug-likeness (QED) is 0.461. The molecule has 0 aliphatic carbocycles. The van der Waals surface area contributed by atoms with Crippen molar-refractivity contribution in [3.8, 4) is 0 Å². The third-order valence-electron chi connectivity index (χ3n) is 3.94. The summed E-state index contributed by atoms with van der Waals surface area (Å²) in [4.78, 5) is 15.9. The maximum absolute atomic E-state index is 13.2. The van der Waals surface area contributed by atoms with Crippen LogP contribution in [0.4, 0.5) is 4.39 Å². The highest BCUT2D eigenvalue weighted by molar-refractivity contribution is 5.79. The van der Waals surface area contributed by atoms with E-state index in [0.717, 1.165) is 30.6 Å². The van der Waals surface area contributed by atoms with Crippen LogP contribution in [0.3, 0.4) is 0 Å². The van der Waals surface area contributed by atoms with Gasteiger partial charge in [-0.3, -0.25) is 9.79 Å². The van der Waals surface area contributed by atoms with Crippen LogP contribution in [0.5, 0.6) is 0 Å². The van der Waals surface area contributed by atoms with Crippen LogP contribution in [0.2, 0.25) is 0 Å². The smallest absolute Gasteiger partial charge is 0.250 e. The molecule has 0 aliphatic rings. The van der Waals surface area contributed by atoms with Gasteiger partial charge in [0.2, 0.25) is 0 Å². The summed E-state index contributed by atoms with van der Waals surface area (Å²) in [5.41, 5.74) is 1.88. The zero-order valence-electron chi connectivity index (χ0n) is 14.8. The monoisotopic (exact) mass is 344 g/mol. The molecular formula is C19H25FN4O. The van der Waals surface area contributed by atoms with E-state index >= 15 is 0 Å². The molecule has 0 saturated carbocycles. The first-order chi connectivity index (χ1) is 12.1. The van der Waals surface area contributed by atoms with E-state index in [4.69, 9.17) is 0 Å². The van der Waals surface area contributed by atoms with Gasteiger partial charge in [-0.1, -0.05) is 18.2 Å². The number of guanidine groups is 1. The Labute approximate surface area is 147 Å². The van der Waals surface area contributed by atoms with Crippen LogP contribution in [0.25, 0.3) is 0 Å². The zero-order chi connectivity index (χ0) is 18.1. The molecule has 25 heavy (non-hydrogen) atoms. The number of nitrogens with zero attached hydrogens (tertiary/aromatic N) is 2. The van der Waals surface area contributed by atoms with Gasteiger partial charge in [-0.2, -0.15) is 0 Å². The Balaban J connectivity index is 1.70. The SMILES string of the molecule is CN=C(NCCCCn1c(C)cccc1=O)NCc1cccc(F)c1. The van der Waals surface area contributed by atoms with E-state index in [-0.39, 0.29) is 11.4 Å². The molecule has 2 aromatic rings. The van der Waals surface area contributed by atoms with Crippen LogP contribution in [0, 0.1) is 12.7 Å². The second kappa shape index (κ2) is 9.61. The number of benzene rings is 1. The Bertz CT molecular complexity index is 770. The highest BCUT2D eigenvalue weighted by Gasteiger charge is 2.01. The van der Waals surface area contributed by atoms with Crippen molar-refractivity contribution in [1.29, 1.82) is 0 Å². The minimum absolute atomic E-state index is 0.0422. The van der Waals surface area contributed by atoms with Crippen molar-refractivity contribution in [2.24, 2.45) is 4.99 Å². The molecule has 0 amide bonds. The van der Waals surface area contributed by atoms with E-state index in [1.165, 1.54) is 12.1 Å². The molecule has 0 fully saturated rings. The standard InChI is InChI=1S/C19H25FN4O/c1-15-7-5-10-18(25)24(15)12-4-3-11-22-19(21-2)23-14-16-8-6-9-17(20)13-16/h5-10,13H,3-4,11-12,14H2,1-2H3,(H2,21,22,23). The highest BCUT2D eigenvalue weighted by Crippen LogP contribution is 2.02. The average Bonchev–Trinajstić information content (AvgIpc) is 2.59. The molecule has 134 valence electrons. The van der Waals surface area contributed by atoms with Crippen molar-refractivity contribution >= 4 is 5.96 Å². The van der Waals surface area contributed by atoms with Crippen molar-refractivity contribution in [3.63, 3.8) is 0 Å². The van der Waals surface area contributed by atoms with E-state index < -0.39 is 0 Å². The van der Waals surface area contributed by atoms with Crippen LogP contribution < -0.4 is 16.2 Å². The number of hydrogen-bond acceptors (Lipinski definition) is 2. The first-order valence-corrected chi connectivity index (χ1v) is 8.45. The molecule has 0 saturated heterocycles. The summed E-state index contributed by atoms with van der Waals surface area (Å²) in [6, 6.07) is 11.8. The molecule has 1 aromatic heterocycles. The minimum atomic E-state index is -0.242. The molecule has 0 bridgehead atoms. The summed E-state index contributed by atoms with van der Waals surface area (Å²) in [5.74, 6) is 0.436. The number of rotatable bonds is 7. The minimum Gasteiger partial charge on any atom is -0.356 e. The molecule has 1 aromatic carbocycles. The van der Waals surface area contributed by atoms with E-state index in [9.17, 15) is 9.18 Å². The maximum Gasteiger partial charge on any atom is 0.250 e. The van der Waals surface area contributed by atoms with Crippen molar-refractivity contribution < 1.29 is 4.39 Å². The summed E-state index contributed by atoms with van der Waals surface area (Å²) in [6.07, 6.45) is 1.82. The first kappa shape index (κ1) is 18.7. The van der Waals surface area contributed by atoms with Crippen molar-refractivity contribution in [1.82, 2.24) is 15.2 Å². The maximum atomic E-state index is 13.2. The predicted octanol–water partition coefficient (Wildman–Crippen LogP) is 2.44. The Morgan fingerprint density at radius 2 is 1.96 bits per heavy atom. The second-order valence-corrected chi connectivity index (χ2v) is 5.85. The summed E-state index contributed by atoms with van der Waals surface area (Å²) >= 11 is 0. The van der Waals surface area contributed by atoms with E-state index in [1.807, 2.05) is 19.1 Å². The first-order valence-electron chi connectivity index (χ1n) is 8.45. The largest absolute Gasteiger partial charge is 0.356 e. The van der Waals surface area contributed by atoms with Crippen molar-refractivity contribution in [2.75, 3.05) is 13.6 Å². The molecular weight excluding hydrogens is 319 g/mol. The molecule has 6 heteroatoms. The molecule has 2 N–H and O–H groups in total. The van der Waals surface area contributed by atoms with Gasteiger partial charge in [0.05, 0.1) is 0 Å². The van der Waals surface area contributed by atoms with Gasteiger partial charge in [-0.15, -0.1) is 0 Å². The fourth-order valence-corrected chi connectivity index (χ4v) is 2.57. The van der Waals surface area contributed by atoms with Crippen LogP contribution in [-0.2, 0) is 13.1 Å². The van der Waals surface area contributed by atoms with Gasteiger partial charge in [-0.05, 0) is 43.5 Å². The van der Waals surface area contributed by atoms with E-state index in [2.05, 4.69) is 15.6 Å². The number of hydrogen-bond donors (Lipinski definition) is 2. The van der Waals surface area contributed by atoms with Crippen LogP contribution in [0.15, 0.2) is 52.3 Å². The van der Waals surface area contributed by atoms with Gasteiger partial charge < -0.3 is 15.2 Å². The Morgan fingerprint density at radius 3 is 2.68 bits per heavy atom. The predicted molar refractivity (Wildman–Crippen MR) is 99.3 cm³/mol. The lowest BCUT2D eigenvalue weighted by Crippen LogP contribution is -2.37. The lowest BCUT2D eigenvalue weighted by atomic mass is 10.2. The lowest BCUT2D eigenvalue weighted by molar-refractivity contribution is 0.574. The van der Waals surface area contributed by atoms with Gasteiger partial charge in [0.1, 0.15) is 5.82 Å². The lowest BCUT2D eigenvalue weighted by Gasteiger charge is -2.13. The highest BCUT2D eigenvalue weighted by atomic mass is 19.1. The Hall–Kier alpha value is -2.63. The summed E-state index contributed by atoms with van der Waals surface area (Å²) in [5, 5.41) is 6.38. The fraction of sp³-hybridized carbons (Fsp3) is 0.368. The van der Waals surface area contributed by atoms with Crippen LogP contribution in [-0.4, -0.2) is 24.1 Å². The molecule has 0 spiro atoms. The Morgan fingerprint density at radius 1 is 1.16 bits per heavy atom. The van der Waals surface area contributed by atoms with Gasteiger partial charge in [0, 0.05) is 38.4 Å². The molecule has 0 atom stereocenters. The topological polar surface area (TPSA) is 58.4 Å². The molecule has 5 nitrogen and oxygen atoms in total. The number of halogens is 1. The van der Waals surface area contributed by atoms with Crippen LogP contribution in [0.1, 0.15) is 24.1 Å². The van der Waals surface area contributed by atoms with Gasteiger partial charge in [-0.25, -0.2) is 4.39 Å². The fourth-order valence-electron chi connectivity index (χ4n) is 2.57. The van der Waals surface area contributed by atoms with Crippen molar-refractivity contribution in [2.45, 2.75) is 32.9 Å². The number of nitrogens with one attached hydrogen (secondary N) is 2. The molecule has 2 rings (SSSR count). The van der Waals surface area contributed by atoms with Gasteiger partial charge in [0.15, 0.2) is 5.96 Å². The normalized spacial score (nSPS) is 11.4. The molecule has 0 radical (unpaired) electrons. The molecule has 0 unspecified atom stereocenters.